The van der Waals surface area contributed by atoms with Gasteiger partial charge in [0.05, 0.1) is 0 Å². The third kappa shape index (κ3) is 4.08. The van der Waals surface area contributed by atoms with Crippen LogP contribution < -0.4 is 5.32 Å². The van der Waals surface area contributed by atoms with E-state index in [0.717, 1.165) is 28.9 Å². The lowest BCUT2D eigenvalue weighted by Crippen LogP contribution is -2.21. The molecule has 4 heteroatoms. The number of aryl methyl sites for hydroxylation is 1. The minimum Gasteiger partial charge on any atom is -0.357 e. The first kappa shape index (κ1) is 13.4. The third-order valence-electron chi connectivity index (χ3n) is 2.97. The maximum atomic E-state index is 4.17. The summed E-state index contributed by atoms with van der Waals surface area (Å²) in [5.41, 5.74) is 0. The lowest BCUT2D eigenvalue weighted by Gasteiger charge is -2.19. The summed E-state index contributed by atoms with van der Waals surface area (Å²) in [6, 6.07) is 0.535. The second kappa shape index (κ2) is 6.84. The molecule has 0 aliphatic carbocycles. The van der Waals surface area contributed by atoms with Crippen molar-refractivity contribution in [2.75, 3.05) is 5.32 Å². The maximum absolute atomic E-state index is 4.17. The minimum absolute atomic E-state index is 0.535. The lowest BCUT2D eigenvalue weighted by molar-refractivity contribution is 0.461. The Kier molecular flexibility index (Phi) is 5.74. The second-order valence-electron chi connectivity index (χ2n) is 4.35. The number of anilines is 1. The average Bonchev–Trinajstić information content (AvgIpc) is 2.75. The summed E-state index contributed by atoms with van der Waals surface area (Å²) in [6.07, 6.45) is 4.58. The van der Waals surface area contributed by atoms with Crippen molar-refractivity contribution in [1.29, 1.82) is 0 Å². The van der Waals surface area contributed by atoms with Crippen LogP contribution in [0, 0.1) is 5.92 Å². The summed E-state index contributed by atoms with van der Waals surface area (Å²) < 4.78 is 0. The lowest BCUT2D eigenvalue weighted by atomic mass is 9.98. The summed E-state index contributed by atoms with van der Waals surface area (Å²) in [4.78, 5) is 0. The van der Waals surface area contributed by atoms with E-state index in [1.54, 1.807) is 11.3 Å². The molecule has 0 amide bonds. The molecular formula is C12H23N3S. The average molecular weight is 241 g/mol. The molecule has 0 fully saturated rings. The van der Waals surface area contributed by atoms with Gasteiger partial charge in [-0.3, -0.25) is 0 Å². The van der Waals surface area contributed by atoms with Gasteiger partial charge in [0, 0.05) is 6.04 Å². The van der Waals surface area contributed by atoms with Gasteiger partial charge in [0.15, 0.2) is 0 Å². The highest BCUT2D eigenvalue weighted by Crippen LogP contribution is 2.20. The van der Waals surface area contributed by atoms with E-state index in [1.807, 2.05) is 0 Å². The zero-order valence-corrected chi connectivity index (χ0v) is 11.6. The molecule has 2 atom stereocenters. The van der Waals surface area contributed by atoms with Crippen LogP contribution in [0.15, 0.2) is 0 Å². The van der Waals surface area contributed by atoms with Gasteiger partial charge in [0.25, 0.3) is 0 Å². The molecule has 0 aromatic carbocycles. The molecule has 0 spiro atoms. The van der Waals surface area contributed by atoms with E-state index in [2.05, 4.69) is 43.2 Å². The Bertz CT molecular complexity index is 298. The van der Waals surface area contributed by atoms with E-state index in [0.29, 0.717) is 6.04 Å². The minimum atomic E-state index is 0.535. The van der Waals surface area contributed by atoms with Gasteiger partial charge < -0.3 is 5.32 Å². The van der Waals surface area contributed by atoms with E-state index in [9.17, 15) is 0 Å². The molecule has 16 heavy (non-hydrogen) atoms. The van der Waals surface area contributed by atoms with Crippen LogP contribution in [0.1, 0.15) is 52.0 Å². The van der Waals surface area contributed by atoms with Gasteiger partial charge in [-0.2, -0.15) is 0 Å². The first-order valence-corrected chi connectivity index (χ1v) is 7.10. The summed E-state index contributed by atoms with van der Waals surface area (Å²) in [5, 5.41) is 13.9. The number of hydrogen-bond acceptors (Lipinski definition) is 4. The smallest absolute Gasteiger partial charge is 0.205 e. The highest BCUT2D eigenvalue weighted by atomic mass is 32.1. The Morgan fingerprint density at radius 2 is 1.94 bits per heavy atom. The SMILES string of the molecule is CCc1nnc(NC(CC)CC(C)CC)s1. The van der Waals surface area contributed by atoms with Gasteiger partial charge in [0.2, 0.25) is 5.13 Å². The van der Waals surface area contributed by atoms with Crippen molar-refractivity contribution < 1.29 is 0 Å². The molecule has 1 aromatic heterocycles. The van der Waals surface area contributed by atoms with Gasteiger partial charge >= 0.3 is 0 Å². The van der Waals surface area contributed by atoms with Gasteiger partial charge in [-0.15, -0.1) is 10.2 Å². The maximum Gasteiger partial charge on any atom is 0.205 e. The molecule has 0 saturated heterocycles. The van der Waals surface area contributed by atoms with Crippen molar-refractivity contribution in [1.82, 2.24) is 10.2 Å². The van der Waals surface area contributed by atoms with E-state index >= 15 is 0 Å². The van der Waals surface area contributed by atoms with Gasteiger partial charge in [-0.25, -0.2) is 0 Å². The van der Waals surface area contributed by atoms with Crippen LogP contribution in [0.2, 0.25) is 0 Å². The topological polar surface area (TPSA) is 37.8 Å². The molecule has 3 nitrogen and oxygen atoms in total. The third-order valence-corrected chi connectivity index (χ3v) is 3.97. The number of rotatable bonds is 7. The molecule has 1 rings (SSSR count). The largest absolute Gasteiger partial charge is 0.357 e. The van der Waals surface area contributed by atoms with Crippen LogP contribution >= 0.6 is 11.3 Å². The highest BCUT2D eigenvalue weighted by Gasteiger charge is 2.12. The van der Waals surface area contributed by atoms with Gasteiger partial charge in [-0.05, 0) is 25.2 Å². The zero-order chi connectivity index (χ0) is 12.0. The van der Waals surface area contributed by atoms with Crippen molar-refractivity contribution in [3.8, 4) is 0 Å². The fourth-order valence-electron chi connectivity index (χ4n) is 1.61. The van der Waals surface area contributed by atoms with Crippen molar-refractivity contribution in [3.05, 3.63) is 5.01 Å². The molecule has 0 saturated carbocycles. The molecule has 2 unspecified atom stereocenters. The van der Waals surface area contributed by atoms with Crippen molar-refractivity contribution in [3.63, 3.8) is 0 Å². The molecule has 0 radical (unpaired) electrons. The quantitative estimate of drug-likeness (QED) is 0.790. The zero-order valence-electron chi connectivity index (χ0n) is 10.8. The fourth-order valence-corrected chi connectivity index (χ4v) is 2.37. The Morgan fingerprint density at radius 3 is 2.44 bits per heavy atom. The van der Waals surface area contributed by atoms with E-state index in [4.69, 9.17) is 0 Å². The van der Waals surface area contributed by atoms with Crippen molar-refractivity contribution >= 4 is 16.5 Å². The predicted octanol–water partition coefficient (Wildman–Crippen LogP) is 3.73. The molecule has 92 valence electrons. The second-order valence-corrected chi connectivity index (χ2v) is 5.42. The molecule has 1 heterocycles. The van der Waals surface area contributed by atoms with Gasteiger partial charge in [-0.1, -0.05) is 45.5 Å². The molecular weight excluding hydrogens is 218 g/mol. The van der Waals surface area contributed by atoms with Crippen molar-refractivity contribution in [2.24, 2.45) is 5.92 Å². The van der Waals surface area contributed by atoms with Crippen LogP contribution in [-0.2, 0) is 6.42 Å². The number of hydrogen-bond donors (Lipinski definition) is 1. The van der Waals surface area contributed by atoms with E-state index in [1.165, 1.54) is 12.8 Å². The first-order valence-electron chi connectivity index (χ1n) is 6.28. The summed E-state index contributed by atoms with van der Waals surface area (Å²) in [6.45, 7) is 8.89. The number of nitrogens with one attached hydrogen (secondary N) is 1. The molecule has 0 aliphatic heterocycles. The Labute approximate surface area is 103 Å². The normalized spacial score (nSPS) is 14.8. The number of nitrogens with zero attached hydrogens (tertiary/aromatic N) is 2. The Hall–Kier alpha value is -0.640. The summed E-state index contributed by atoms with van der Waals surface area (Å²) in [7, 11) is 0. The Balaban J connectivity index is 2.49. The van der Waals surface area contributed by atoms with Crippen LogP contribution in [0.4, 0.5) is 5.13 Å². The summed E-state index contributed by atoms with van der Waals surface area (Å²) in [5.74, 6) is 0.774. The fraction of sp³-hybridized carbons (Fsp3) is 0.833. The number of aromatic nitrogens is 2. The molecule has 0 bridgehead atoms. The molecule has 1 aromatic rings. The van der Waals surface area contributed by atoms with Crippen LogP contribution in [0.25, 0.3) is 0 Å². The highest BCUT2D eigenvalue weighted by molar-refractivity contribution is 7.15. The first-order chi connectivity index (χ1) is 7.69. The molecule has 0 aliphatic rings. The van der Waals surface area contributed by atoms with Crippen LogP contribution in [0.5, 0.6) is 0 Å². The van der Waals surface area contributed by atoms with E-state index in [-0.39, 0.29) is 0 Å². The Morgan fingerprint density at radius 1 is 1.19 bits per heavy atom. The van der Waals surface area contributed by atoms with E-state index < -0.39 is 0 Å². The summed E-state index contributed by atoms with van der Waals surface area (Å²) >= 11 is 1.68. The molecule has 1 N–H and O–H groups in total. The van der Waals surface area contributed by atoms with Crippen LogP contribution in [0.3, 0.4) is 0 Å². The monoisotopic (exact) mass is 241 g/mol. The standard InChI is InChI=1S/C12H23N3S/c1-5-9(4)8-10(6-2)13-12-15-14-11(7-3)16-12/h9-10H,5-8H2,1-4H3,(H,13,15). The van der Waals surface area contributed by atoms with Crippen LogP contribution in [-0.4, -0.2) is 16.2 Å². The van der Waals surface area contributed by atoms with Crippen molar-refractivity contribution in [2.45, 2.75) is 59.4 Å². The predicted molar refractivity (Wildman–Crippen MR) is 71.1 cm³/mol. The van der Waals surface area contributed by atoms with Gasteiger partial charge in [0.1, 0.15) is 5.01 Å².